The maximum atomic E-state index is 13.0. The number of hydrogen-bond acceptors (Lipinski definition) is 2. The number of nitrogens with two attached hydrogens (primary N) is 1. The molecule has 0 amide bonds. The van der Waals surface area contributed by atoms with Crippen LogP contribution in [0.5, 0.6) is 0 Å². The lowest BCUT2D eigenvalue weighted by Crippen LogP contribution is -2.10. The molecule has 1 aliphatic rings. The van der Waals surface area contributed by atoms with Crippen LogP contribution in [0.1, 0.15) is 23.8 Å². The highest BCUT2D eigenvalue weighted by Gasteiger charge is 2.30. The van der Waals surface area contributed by atoms with E-state index >= 15 is 0 Å². The maximum Gasteiger partial charge on any atom is 0.123 e. The van der Waals surface area contributed by atoms with Gasteiger partial charge in [0, 0.05) is 15.6 Å². The summed E-state index contributed by atoms with van der Waals surface area (Å²) in [5.74, 6) is 0.481. The van der Waals surface area contributed by atoms with Gasteiger partial charge in [0.25, 0.3) is 0 Å². The lowest BCUT2D eigenvalue weighted by atomic mass is 10.1. The van der Waals surface area contributed by atoms with Gasteiger partial charge in [0.2, 0.25) is 0 Å². The normalized spacial score (nSPS) is 18.3. The third-order valence-corrected chi connectivity index (χ3v) is 4.17. The average molecular weight is 221 g/mol. The van der Waals surface area contributed by atoms with Crippen molar-refractivity contribution in [1.29, 1.82) is 0 Å². The Balaban J connectivity index is 2.05. The molecule has 0 bridgehead atoms. The Bertz CT molecular complexity index is 501. The van der Waals surface area contributed by atoms with Gasteiger partial charge in [0.05, 0.1) is 0 Å². The Hall–Kier alpha value is -0.930. The molecule has 1 aromatic carbocycles. The number of thiophene rings is 1. The average Bonchev–Trinajstić information content (AvgIpc) is 2.97. The molecule has 0 aliphatic heterocycles. The van der Waals surface area contributed by atoms with Crippen LogP contribution in [-0.2, 0) is 0 Å². The maximum absolute atomic E-state index is 13.0. The van der Waals surface area contributed by atoms with Crippen molar-refractivity contribution in [2.45, 2.75) is 18.9 Å². The Labute approximate surface area is 91.7 Å². The first-order valence-corrected chi connectivity index (χ1v) is 6.00. The first-order valence-electron chi connectivity index (χ1n) is 5.18. The lowest BCUT2D eigenvalue weighted by molar-refractivity contribution is 0.629. The molecule has 1 nitrogen and oxygen atoms in total. The second-order valence-corrected chi connectivity index (χ2v) is 5.31. The predicted molar refractivity (Wildman–Crippen MR) is 61.4 cm³/mol. The zero-order chi connectivity index (χ0) is 10.4. The van der Waals surface area contributed by atoms with Crippen LogP contribution in [0.25, 0.3) is 10.1 Å². The van der Waals surface area contributed by atoms with Gasteiger partial charge < -0.3 is 5.73 Å². The van der Waals surface area contributed by atoms with Crippen LogP contribution >= 0.6 is 11.3 Å². The number of rotatable bonds is 2. The predicted octanol–water partition coefficient (Wildman–Crippen LogP) is 3.45. The van der Waals surface area contributed by atoms with E-state index in [9.17, 15) is 4.39 Å². The van der Waals surface area contributed by atoms with Crippen molar-refractivity contribution in [3.8, 4) is 0 Å². The van der Waals surface area contributed by atoms with Crippen LogP contribution in [0.15, 0.2) is 24.3 Å². The van der Waals surface area contributed by atoms with Crippen LogP contribution < -0.4 is 5.73 Å². The summed E-state index contributed by atoms with van der Waals surface area (Å²) in [6, 6.07) is 7.11. The van der Waals surface area contributed by atoms with Crippen molar-refractivity contribution < 1.29 is 4.39 Å². The summed E-state index contributed by atoms with van der Waals surface area (Å²) >= 11 is 1.69. The molecule has 0 saturated heterocycles. The molecule has 2 N–H and O–H groups in total. The number of hydrogen-bond donors (Lipinski definition) is 1. The highest BCUT2D eigenvalue weighted by Crippen LogP contribution is 2.42. The highest BCUT2D eigenvalue weighted by atomic mass is 32.1. The Morgan fingerprint density at radius 3 is 2.87 bits per heavy atom. The molecule has 1 aromatic heterocycles. The number of benzene rings is 1. The summed E-state index contributed by atoms with van der Waals surface area (Å²) in [6.07, 6.45) is 2.48. The molecule has 3 heteroatoms. The van der Waals surface area contributed by atoms with Crippen LogP contribution in [0.3, 0.4) is 0 Å². The minimum Gasteiger partial charge on any atom is -0.323 e. The molecule has 3 rings (SSSR count). The van der Waals surface area contributed by atoms with Gasteiger partial charge in [-0.05, 0) is 48.4 Å². The largest absolute Gasteiger partial charge is 0.323 e. The second-order valence-electron chi connectivity index (χ2n) is 4.19. The van der Waals surface area contributed by atoms with E-state index in [2.05, 4.69) is 0 Å². The molecule has 1 fully saturated rings. The fourth-order valence-electron chi connectivity index (χ4n) is 1.89. The zero-order valence-electron chi connectivity index (χ0n) is 8.24. The molecule has 1 atom stereocenters. The van der Waals surface area contributed by atoms with Crippen molar-refractivity contribution in [2.24, 2.45) is 11.7 Å². The Morgan fingerprint density at radius 1 is 1.33 bits per heavy atom. The molecule has 0 spiro atoms. The molecule has 2 aromatic rings. The van der Waals surface area contributed by atoms with E-state index in [1.165, 1.54) is 23.8 Å². The quantitative estimate of drug-likeness (QED) is 0.825. The summed E-state index contributed by atoms with van der Waals surface area (Å²) in [5.41, 5.74) is 6.12. The molecule has 15 heavy (non-hydrogen) atoms. The molecular formula is C12H12FNS. The van der Waals surface area contributed by atoms with Crippen LogP contribution in [0.4, 0.5) is 4.39 Å². The fraction of sp³-hybridized carbons (Fsp3) is 0.333. The first-order chi connectivity index (χ1) is 7.24. The van der Waals surface area contributed by atoms with Crippen LogP contribution in [0, 0.1) is 11.7 Å². The molecule has 1 unspecified atom stereocenters. The zero-order valence-corrected chi connectivity index (χ0v) is 9.06. The van der Waals surface area contributed by atoms with Crippen LogP contribution in [0.2, 0.25) is 0 Å². The first kappa shape index (κ1) is 9.31. The summed E-state index contributed by atoms with van der Waals surface area (Å²) in [5, 5.41) is 0.978. The highest BCUT2D eigenvalue weighted by molar-refractivity contribution is 7.19. The number of fused-ring (bicyclic) bond motifs is 1. The van der Waals surface area contributed by atoms with Gasteiger partial charge in [-0.15, -0.1) is 11.3 Å². The van der Waals surface area contributed by atoms with Gasteiger partial charge >= 0.3 is 0 Å². The molecular weight excluding hydrogens is 209 g/mol. The van der Waals surface area contributed by atoms with E-state index < -0.39 is 0 Å². The number of halogens is 1. The van der Waals surface area contributed by atoms with E-state index in [1.807, 2.05) is 12.1 Å². The minimum atomic E-state index is -0.174. The van der Waals surface area contributed by atoms with Gasteiger partial charge in [0.15, 0.2) is 0 Å². The topological polar surface area (TPSA) is 26.0 Å². The molecule has 1 saturated carbocycles. The van der Waals surface area contributed by atoms with Gasteiger partial charge in [-0.3, -0.25) is 0 Å². The molecule has 0 radical (unpaired) electrons. The summed E-state index contributed by atoms with van der Waals surface area (Å²) in [7, 11) is 0. The summed E-state index contributed by atoms with van der Waals surface area (Å²) in [6.45, 7) is 0. The monoisotopic (exact) mass is 221 g/mol. The Kier molecular flexibility index (Phi) is 2.04. The van der Waals surface area contributed by atoms with Gasteiger partial charge in [0.1, 0.15) is 5.82 Å². The van der Waals surface area contributed by atoms with Crippen molar-refractivity contribution >= 4 is 21.4 Å². The van der Waals surface area contributed by atoms with Gasteiger partial charge in [-0.1, -0.05) is 0 Å². The molecule has 1 aliphatic carbocycles. The standard InChI is InChI=1S/C12H12FNS/c13-9-3-4-10-8(5-9)6-11(15-10)12(14)7-1-2-7/h3-7,12H,1-2,14H2. The van der Waals surface area contributed by atoms with Gasteiger partial charge in [-0.2, -0.15) is 0 Å². The van der Waals surface area contributed by atoms with E-state index in [-0.39, 0.29) is 11.9 Å². The van der Waals surface area contributed by atoms with Crippen LogP contribution in [-0.4, -0.2) is 0 Å². The molecule has 78 valence electrons. The summed E-state index contributed by atoms with van der Waals surface area (Å²) in [4.78, 5) is 1.19. The van der Waals surface area contributed by atoms with Crippen molar-refractivity contribution in [3.63, 3.8) is 0 Å². The van der Waals surface area contributed by atoms with Crippen molar-refractivity contribution in [1.82, 2.24) is 0 Å². The van der Waals surface area contributed by atoms with Crippen molar-refractivity contribution in [2.75, 3.05) is 0 Å². The second kappa shape index (κ2) is 3.29. The summed E-state index contributed by atoms with van der Waals surface area (Å²) < 4.78 is 14.1. The lowest BCUT2D eigenvalue weighted by Gasteiger charge is -2.05. The van der Waals surface area contributed by atoms with E-state index in [0.717, 1.165) is 10.1 Å². The van der Waals surface area contributed by atoms with Gasteiger partial charge in [-0.25, -0.2) is 4.39 Å². The smallest absolute Gasteiger partial charge is 0.123 e. The van der Waals surface area contributed by atoms with E-state index in [0.29, 0.717) is 5.92 Å². The van der Waals surface area contributed by atoms with E-state index in [1.54, 1.807) is 17.4 Å². The minimum absolute atomic E-state index is 0.158. The van der Waals surface area contributed by atoms with Crippen molar-refractivity contribution in [3.05, 3.63) is 35.0 Å². The third-order valence-electron chi connectivity index (χ3n) is 2.96. The molecule has 1 heterocycles. The third kappa shape index (κ3) is 1.66. The fourth-order valence-corrected chi connectivity index (χ4v) is 3.03. The SMILES string of the molecule is NC(c1cc2cc(F)ccc2s1)C1CC1. The van der Waals surface area contributed by atoms with E-state index in [4.69, 9.17) is 5.73 Å². The Morgan fingerprint density at radius 2 is 2.13 bits per heavy atom.